The van der Waals surface area contributed by atoms with Crippen molar-refractivity contribution in [1.82, 2.24) is 4.90 Å². The van der Waals surface area contributed by atoms with Crippen molar-refractivity contribution in [2.24, 2.45) is 0 Å². The molecule has 2 N–H and O–H groups in total. The Hall–Kier alpha value is -3.44. The number of nitrogens with zero attached hydrogens (tertiary/aromatic N) is 1. The molecule has 0 aliphatic heterocycles. The molecule has 1 unspecified atom stereocenters. The van der Waals surface area contributed by atoms with Crippen LogP contribution in [0.4, 0.5) is 11.4 Å². The lowest BCUT2D eigenvalue weighted by molar-refractivity contribution is 0.0980. The van der Waals surface area contributed by atoms with E-state index in [-0.39, 0.29) is 23.7 Å². The Labute approximate surface area is 195 Å². The van der Waals surface area contributed by atoms with Gasteiger partial charge >= 0.3 is 0 Å². The van der Waals surface area contributed by atoms with Gasteiger partial charge < -0.3 is 15.5 Å². The summed E-state index contributed by atoms with van der Waals surface area (Å²) in [5.41, 5.74) is 4.52. The van der Waals surface area contributed by atoms with E-state index in [1.165, 1.54) is 5.56 Å². The predicted octanol–water partition coefficient (Wildman–Crippen LogP) is 4.87. The average molecular weight is 442 g/mol. The number of ketones is 2. The third kappa shape index (κ3) is 4.69. The Morgan fingerprint density at radius 2 is 1.30 bits per heavy atom. The van der Waals surface area contributed by atoms with Gasteiger partial charge in [0.05, 0.1) is 11.1 Å². The molecule has 0 heterocycles. The Bertz CT molecular complexity index is 1170. The minimum absolute atomic E-state index is 0.111. The first-order chi connectivity index (χ1) is 15.9. The summed E-state index contributed by atoms with van der Waals surface area (Å²) in [7, 11) is 4.12. The number of rotatable bonds is 8. The van der Waals surface area contributed by atoms with Gasteiger partial charge in [-0.1, -0.05) is 54.6 Å². The summed E-state index contributed by atoms with van der Waals surface area (Å²) in [6.07, 6.45) is 0.881. The molecule has 33 heavy (non-hydrogen) atoms. The molecule has 3 aromatic carbocycles. The van der Waals surface area contributed by atoms with Gasteiger partial charge in [0.1, 0.15) is 0 Å². The maximum atomic E-state index is 13.6. The van der Waals surface area contributed by atoms with Crippen LogP contribution in [0, 0.1) is 0 Å². The van der Waals surface area contributed by atoms with Crippen LogP contribution in [0.1, 0.15) is 51.3 Å². The Kier molecular flexibility index (Phi) is 6.61. The molecule has 0 radical (unpaired) electrons. The number of anilines is 2. The average Bonchev–Trinajstić information content (AvgIpc) is 2.80. The fourth-order valence-corrected chi connectivity index (χ4v) is 4.35. The number of nitrogens with one attached hydrogen (secondary N) is 2. The number of hydrogen-bond donors (Lipinski definition) is 2. The number of carbonyl (C=O) groups is 2. The highest BCUT2D eigenvalue weighted by molar-refractivity contribution is 6.31. The standard InChI is InChI=1S/C28H31N3O2/c1-18(2)30-24-15-14-23(29-17-20(31(3)4)16-19-10-6-5-7-11-19)25-26(24)28(33)22-13-9-8-12-21(22)27(25)32/h5-15,18,20,29-30H,16-17H2,1-4H3. The third-order valence-electron chi connectivity index (χ3n) is 6.09. The van der Waals surface area contributed by atoms with Crippen molar-refractivity contribution in [2.75, 3.05) is 31.3 Å². The molecule has 1 aliphatic carbocycles. The lowest BCUT2D eigenvalue weighted by atomic mass is 9.82. The molecule has 3 aromatic rings. The largest absolute Gasteiger partial charge is 0.383 e. The van der Waals surface area contributed by atoms with E-state index >= 15 is 0 Å². The zero-order valence-corrected chi connectivity index (χ0v) is 19.7. The quantitative estimate of drug-likeness (QED) is 0.409. The monoisotopic (exact) mass is 441 g/mol. The summed E-state index contributed by atoms with van der Waals surface area (Å²) in [6, 6.07) is 21.6. The van der Waals surface area contributed by atoms with Crippen LogP contribution in [0.25, 0.3) is 0 Å². The summed E-state index contributed by atoms with van der Waals surface area (Å²) < 4.78 is 0. The number of hydrogen-bond acceptors (Lipinski definition) is 5. The normalized spacial score (nSPS) is 13.6. The molecule has 0 saturated carbocycles. The molecule has 0 spiro atoms. The van der Waals surface area contributed by atoms with Crippen LogP contribution in [0.5, 0.6) is 0 Å². The summed E-state index contributed by atoms with van der Waals surface area (Å²) in [5, 5.41) is 6.84. The fourth-order valence-electron chi connectivity index (χ4n) is 4.35. The molecule has 0 aromatic heterocycles. The molecule has 0 amide bonds. The highest BCUT2D eigenvalue weighted by Crippen LogP contribution is 2.36. The van der Waals surface area contributed by atoms with Crippen LogP contribution in [-0.4, -0.2) is 49.2 Å². The molecule has 1 atom stereocenters. The summed E-state index contributed by atoms with van der Waals surface area (Å²) in [4.78, 5) is 29.2. The van der Waals surface area contributed by atoms with E-state index in [2.05, 4.69) is 41.8 Å². The Morgan fingerprint density at radius 1 is 0.758 bits per heavy atom. The van der Waals surface area contributed by atoms with Gasteiger partial charge in [-0.05, 0) is 52.1 Å². The van der Waals surface area contributed by atoms with Crippen LogP contribution in [0.15, 0.2) is 66.7 Å². The molecule has 5 heteroatoms. The van der Waals surface area contributed by atoms with E-state index < -0.39 is 0 Å². The molecular formula is C28H31N3O2. The second-order valence-corrected chi connectivity index (χ2v) is 9.10. The highest BCUT2D eigenvalue weighted by atomic mass is 16.1. The number of carbonyl (C=O) groups excluding carboxylic acids is 2. The van der Waals surface area contributed by atoms with Gasteiger partial charge in [-0.15, -0.1) is 0 Å². The van der Waals surface area contributed by atoms with E-state index in [1.54, 1.807) is 24.3 Å². The van der Waals surface area contributed by atoms with Crippen molar-refractivity contribution >= 4 is 22.9 Å². The second kappa shape index (κ2) is 9.59. The van der Waals surface area contributed by atoms with Crippen molar-refractivity contribution in [3.8, 4) is 0 Å². The van der Waals surface area contributed by atoms with Gasteiger partial charge in [-0.3, -0.25) is 9.59 Å². The van der Waals surface area contributed by atoms with Crippen LogP contribution in [0.3, 0.4) is 0 Å². The second-order valence-electron chi connectivity index (χ2n) is 9.10. The van der Waals surface area contributed by atoms with Crippen molar-refractivity contribution < 1.29 is 9.59 Å². The van der Waals surface area contributed by atoms with Crippen molar-refractivity contribution in [2.45, 2.75) is 32.4 Å². The van der Waals surface area contributed by atoms with E-state index in [0.29, 0.717) is 40.2 Å². The first kappa shape index (κ1) is 22.7. The first-order valence-electron chi connectivity index (χ1n) is 11.4. The Balaban J connectivity index is 1.69. The molecule has 0 bridgehead atoms. The topological polar surface area (TPSA) is 61.4 Å². The molecule has 170 valence electrons. The van der Waals surface area contributed by atoms with E-state index in [1.807, 2.05) is 44.2 Å². The molecule has 0 saturated heterocycles. The minimum Gasteiger partial charge on any atom is -0.383 e. The van der Waals surface area contributed by atoms with Gasteiger partial charge in [0.15, 0.2) is 11.6 Å². The first-order valence-corrected chi connectivity index (χ1v) is 11.4. The summed E-state index contributed by atoms with van der Waals surface area (Å²) in [6.45, 7) is 4.69. The van der Waals surface area contributed by atoms with Gasteiger partial charge in [-0.25, -0.2) is 0 Å². The molecule has 4 rings (SSSR count). The van der Waals surface area contributed by atoms with Crippen LogP contribution in [0.2, 0.25) is 0 Å². The van der Waals surface area contributed by atoms with Gasteiger partial charge in [0.25, 0.3) is 0 Å². The van der Waals surface area contributed by atoms with Gasteiger partial charge in [0, 0.05) is 41.1 Å². The zero-order chi connectivity index (χ0) is 23.5. The lowest BCUT2D eigenvalue weighted by Gasteiger charge is -2.28. The summed E-state index contributed by atoms with van der Waals surface area (Å²) >= 11 is 0. The Morgan fingerprint density at radius 3 is 1.88 bits per heavy atom. The third-order valence-corrected chi connectivity index (χ3v) is 6.09. The van der Waals surface area contributed by atoms with Crippen LogP contribution >= 0.6 is 0 Å². The minimum atomic E-state index is -0.112. The van der Waals surface area contributed by atoms with Gasteiger partial charge in [-0.2, -0.15) is 0 Å². The van der Waals surface area contributed by atoms with Crippen molar-refractivity contribution in [1.29, 1.82) is 0 Å². The summed E-state index contributed by atoms with van der Waals surface area (Å²) in [5.74, 6) is -0.222. The maximum Gasteiger partial charge on any atom is 0.196 e. The smallest absolute Gasteiger partial charge is 0.196 e. The fraction of sp³-hybridized carbons (Fsp3) is 0.286. The predicted molar refractivity (Wildman–Crippen MR) is 135 cm³/mol. The van der Waals surface area contributed by atoms with Crippen molar-refractivity contribution in [3.63, 3.8) is 0 Å². The molecular weight excluding hydrogens is 410 g/mol. The zero-order valence-electron chi connectivity index (χ0n) is 19.7. The molecule has 1 aliphatic rings. The molecule has 0 fully saturated rings. The van der Waals surface area contributed by atoms with Crippen LogP contribution < -0.4 is 10.6 Å². The number of likely N-dealkylation sites (N-methyl/N-ethyl adjacent to an activating group) is 1. The number of fused-ring (bicyclic) bond motifs is 2. The highest BCUT2D eigenvalue weighted by Gasteiger charge is 2.34. The number of benzene rings is 3. The van der Waals surface area contributed by atoms with E-state index in [4.69, 9.17) is 0 Å². The lowest BCUT2D eigenvalue weighted by Crippen LogP contribution is -2.37. The molecule has 5 nitrogen and oxygen atoms in total. The van der Waals surface area contributed by atoms with Gasteiger partial charge in [0.2, 0.25) is 0 Å². The van der Waals surface area contributed by atoms with Crippen molar-refractivity contribution in [3.05, 3.63) is 94.5 Å². The van der Waals surface area contributed by atoms with Crippen LogP contribution in [-0.2, 0) is 6.42 Å². The van der Waals surface area contributed by atoms with E-state index in [0.717, 1.165) is 6.42 Å². The maximum absolute atomic E-state index is 13.6. The SMILES string of the molecule is CC(C)Nc1ccc(NCC(Cc2ccccc2)N(C)C)c2c1C(=O)c1ccccc1C2=O. The van der Waals surface area contributed by atoms with E-state index in [9.17, 15) is 9.59 Å².